The smallest absolute Gasteiger partial charge is 0.154 e. The van der Waals surface area contributed by atoms with Crippen LogP contribution in [0.1, 0.15) is 18.9 Å². The lowest BCUT2D eigenvalue weighted by molar-refractivity contribution is -0.119. The molecule has 0 amide bonds. The van der Waals surface area contributed by atoms with Gasteiger partial charge in [0.05, 0.1) is 6.04 Å². The van der Waals surface area contributed by atoms with Gasteiger partial charge in [-0.05, 0) is 12.5 Å². The van der Waals surface area contributed by atoms with Gasteiger partial charge in [0.1, 0.15) is 0 Å². The molecule has 4 N–H and O–H groups in total. The van der Waals surface area contributed by atoms with Crippen LogP contribution < -0.4 is 11.5 Å². The Morgan fingerprint density at radius 1 is 1.64 bits per heavy atom. The molecule has 1 atom stereocenters. The SMILES string of the molecule is CCC(N)C(=O)Cc1cnccc1N. The van der Waals surface area contributed by atoms with Crippen molar-refractivity contribution in [2.45, 2.75) is 25.8 Å². The highest BCUT2D eigenvalue weighted by molar-refractivity contribution is 5.86. The molecule has 4 heteroatoms. The molecule has 0 spiro atoms. The lowest BCUT2D eigenvalue weighted by atomic mass is 10.0. The molecule has 0 aliphatic rings. The van der Waals surface area contributed by atoms with Crippen molar-refractivity contribution in [2.75, 3.05) is 5.73 Å². The van der Waals surface area contributed by atoms with Gasteiger partial charge in [0.15, 0.2) is 5.78 Å². The molecule has 0 aliphatic heterocycles. The van der Waals surface area contributed by atoms with Gasteiger partial charge in [-0.3, -0.25) is 9.78 Å². The third kappa shape index (κ3) is 2.53. The highest BCUT2D eigenvalue weighted by atomic mass is 16.1. The second-order valence-electron chi connectivity index (χ2n) is 3.23. The van der Waals surface area contributed by atoms with Crippen LogP contribution in [0.2, 0.25) is 0 Å². The van der Waals surface area contributed by atoms with Crippen LogP contribution in [0.15, 0.2) is 18.5 Å². The van der Waals surface area contributed by atoms with E-state index in [1.54, 1.807) is 18.5 Å². The summed E-state index contributed by atoms with van der Waals surface area (Å²) in [5, 5.41) is 0. The number of carbonyl (C=O) groups is 1. The highest BCUT2D eigenvalue weighted by Crippen LogP contribution is 2.10. The van der Waals surface area contributed by atoms with Crippen LogP contribution in [0.25, 0.3) is 0 Å². The van der Waals surface area contributed by atoms with Crippen molar-refractivity contribution < 1.29 is 4.79 Å². The molecule has 14 heavy (non-hydrogen) atoms. The van der Waals surface area contributed by atoms with E-state index in [0.29, 0.717) is 12.1 Å². The van der Waals surface area contributed by atoms with E-state index in [0.717, 1.165) is 5.56 Å². The number of nitrogens with zero attached hydrogens (tertiary/aromatic N) is 1. The van der Waals surface area contributed by atoms with E-state index >= 15 is 0 Å². The number of Topliss-reactive ketones (excluding diaryl/α,β-unsaturated/α-hetero) is 1. The van der Waals surface area contributed by atoms with Crippen LogP contribution in [0.3, 0.4) is 0 Å². The molecular weight excluding hydrogens is 178 g/mol. The fourth-order valence-corrected chi connectivity index (χ4v) is 1.13. The van der Waals surface area contributed by atoms with Crippen LogP contribution in [0, 0.1) is 0 Å². The summed E-state index contributed by atoms with van der Waals surface area (Å²) in [7, 11) is 0. The second kappa shape index (κ2) is 4.72. The summed E-state index contributed by atoms with van der Waals surface area (Å²) >= 11 is 0. The lowest BCUT2D eigenvalue weighted by Crippen LogP contribution is -2.31. The van der Waals surface area contributed by atoms with Gasteiger partial charge in [-0.25, -0.2) is 0 Å². The molecule has 0 bridgehead atoms. The number of anilines is 1. The predicted molar refractivity (Wildman–Crippen MR) is 55.6 cm³/mol. The number of aromatic nitrogens is 1. The Morgan fingerprint density at radius 3 is 2.93 bits per heavy atom. The first-order valence-corrected chi connectivity index (χ1v) is 4.61. The number of nitrogen functional groups attached to an aromatic ring is 1. The van der Waals surface area contributed by atoms with Crippen molar-refractivity contribution in [3.63, 3.8) is 0 Å². The summed E-state index contributed by atoms with van der Waals surface area (Å²) in [5.74, 6) is 0.00667. The van der Waals surface area contributed by atoms with Crippen LogP contribution in [-0.2, 0) is 11.2 Å². The van der Waals surface area contributed by atoms with Gasteiger partial charge in [0.2, 0.25) is 0 Å². The summed E-state index contributed by atoms with van der Waals surface area (Å²) in [6.45, 7) is 1.88. The van der Waals surface area contributed by atoms with E-state index in [1.807, 2.05) is 6.92 Å². The standard InChI is InChI=1S/C10H15N3O/c1-2-8(11)10(14)5-7-6-13-4-3-9(7)12/h3-4,6,8H,2,5,11H2,1H3,(H2,12,13). The Balaban J connectivity index is 2.70. The van der Waals surface area contributed by atoms with Crippen molar-refractivity contribution in [3.05, 3.63) is 24.0 Å². The number of nitrogens with two attached hydrogens (primary N) is 2. The van der Waals surface area contributed by atoms with Crippen LogP contribution in [0.5, 0.6) is 0 Å². The topological polar surface area (TPSA) is 82.0 Å². The maximum absolute atomic E-state index is 11.5. The molecular formula is C10H15N3O. The zero-order valence-corrected chi connectivity index (χ0v) is 8.23. The fraction of sp³-hybridized carbons (Fsp3) is 0.400. The average Bonchev–Trinajstić information content (AvgIpc) is 2.20. The average molecular weight is 193 g/mol. The van der Waals surface area contributed by atoms with Crippen molar-refractivity contribution >= 4 is 11.5 Å². The van der Waals surface area contributed by atoms with Crippen molar-refractivity contribution in [3.8, 4) is 0 Å². The Bertz CT molecular complexity index is 325. The lowest BCUT2D eigenvalue weighted by Gasteiger charge is -2.08. The molecule has 0 aromatic carbocycles. The zero-order valence-electron chi connectivity index (χ0n) is 8.23. The highest BCUT2D eigenvalue weighted by Gasteiger charge is 2.12. The largest absolute Gasteiger partial charge is 0.398 e. The van der Waals surface area contributed by atoms with Gasteiger partial charge in [-0.15, -0.1) is 0 Å². The molecule has 4 nitrogen and oxygen atoms in total. The first kappa shape index (κ1) is 10.7. The molecule has 1 rings (SSSR count). The summed E-state index contributed by atoms with van der Waals surface area (Å²) in [6.07, 6.45) is 4.13. The monoisotopic (exact) mass is 193 g/mol. The summed E-state index contributed by atoms with van der Waals surface area (Å²) in [5.41, 5.74) is 12.6. The molecule has 0 saturated heterocycles. The van der Waals surface area contributed by atoms with Gasteiger partial charge in [-0.2, -0.15) is 0 Å². The molecule has 0 radical (unpaired) electrons. The van der Waals surface area contributed by atoms with E-state index < -0.39 is 6.04 Å². The van der Waals surface area contributed by atoms with E-state index in [4.69, 9.17) is 11.5 Å². The zero-order chi connectivity index (χ0) is 10.6. The Hall–Kier alpha value is -1.42. The van der Waals surface area contributed by atoms with Gasteiger partial charge in [0, 0.05) is 30.1 Å². The van der Waals surface area contributed by atoms with E-state index in [9.17, 15) is 4.79 Å². The minimum absolute atomic E-state index is 0.00667. The quantitative estimate of drug-likeness (QED) is 0.730. The van der Waals surface area contributed by atoms with Crippen LogP contribution in [-0.4, -0.2) is 16.8 Å². The van der Waals surface area contributed by atoms with Gasteiger partial charge in [0.25, 0.3) is 0 Å². The summed E-state index contributed by atoms with van der Waals surface area (Å²) < 4.78 is 0. The Morgan fingerprint density at radius 2 is 2.36 bits per heavy atom. The van der Waals surface area contributed by atoms with Crippen molar-refractivity contribution in [2.24, 2.45) is 5.73 Å². The number of hydrogen-bond acceptors (Lipinski definition) is 4. The molecule has 0 saturated carbocycles. The number of pyridine rings is 1. The van der Waals surface area contributed by atoms with Gasteiger partial charge >= 0.3 is 0 Å². The maximum Gasteiger partial charge on any atom is 0.154 e. The predicted octanol–water partition coefficient (Wildman–Crippen LogP) is 0.513. The van der Waals surface area contributed by atoms with Crippen LogP contribution in [0.4, 0.5) is 5.69 Å². The van der Waals surface area contributed by atoms with E-state index in [-0.39, 0.29) is 12.2 Å². The minimum atomic E-state index is -0.394. The van der Waals surface area contributed by atoms with E-state index in [1.165, 1.54) is 0 Å². The second-order valence-corrected chi connectivity index (χ2v) is 3.23. The molecule has 1 aromatic heterocycles. The van der Waals surface area contributed by atoms with Gasteiger partial charge < -0.3 is 11.5 Å². The van der Waals surface area contributed by atoms with Crippen LogP contribution >= 0.6 is 0 Å². The summed E-state index contributed by atoms with van der Waals surface area (Å²) in [6, 6.07) is 1.29. The molecule has 1 unspecified atom stereocenters. The third-order valence-electron chi connectivity index (χ3n) is 2.16. The number of ketones is 1. The molecule has 0 aliphatic carbocycles. The Kier molecular flexibility index (Phi) is 3.59. The third-order valence-corrected chi connectivity index (χ3v) is 2.16. The maximum atomic E-state index is 11.5. The molecule has 76 valence electrons. The normalized spacial score (nSPS) is 12.4. The molecule has 0 fully saturated rings. The minimum Gasteiger partial charge on any atom is -0.398 e. The van der Waals surface area contributed by atoms with Crippen molar-refractivity contribution in [1.82, 2.24) is 4.98 Å². The first-order valence-electron chi connectivity index (χ1n) is 4.61. The molecule has 1 heterocycles. The fourth-order valence-electron chi connectivity index (χ4n) is 1.13. The molecule has 1 aromatic rings. The number of hydrogen-bond donors (Lipinski definition) is 2. The van der Waals surface area contributed by atoms with Crippen molar-refractivity contribution in [1.29, 1.82) is 0 Å². The summed E-state index contributed by atoms with van der Waals surface area (Å²) in [4.78, 5) is 15.4. The van der Waals surface area contributed by atoms with Gasteiger partial charge in [-0.1, -0.05) is 6.92 Å². The van der Waals surface area contributed by atoms with E-state index in [2.05, 4.69) is 4.98 Å². The Labute approximate surface area is 83.3 Å². The number of carbonyl (C=O) groups excluding carboxylic acids is 1. The number of rotatable bonds is 4. The first-order chi connectivity index (χ1) is 6.65.